The van der Waals surface area contributed by atoms with E-state index in [2.05, 4.69) is 27.8 Å². The molecule has 0 N–H and O–H groups in total. The number of pyridine rings is 1. The maximum absolute atomic E-state index is 6.23. The molecular formula is C14H13BrCl2N2. The molecule has 5 heteroatoms. The third kappa shape index (κ3) is 3.22. The van der Waals surface area contributed by atoms with E-state index in [9.17, 15) is 0 Å². The molecule has 2 nitrogen and oxygen atoms in total. The average molecular weight is 360 g/mol. The Labute approximate surface area is 131 Å². The Balaban J connectivity index is 2.33. The molecule has 0 aliphatic rings. The SMILES string of the molecule is CC(c1ccccc1Cl)N(C)c1ncc(Br)cc1Cl. The van der Waals surface area contributed by atoms with Gasteiger partial charge in [0.05, 0.1) is 11.1 Å². The molecule has 1 atom stereocenters. The lowest BCUT2D eigenvalue weighted by molar-refractivity contribution is 0.729. The van der Waals surface area contributed by atoms with Crippen molar-refractivity contribution in [1.29, 1.82) is 0 Å². The van der Waals surface area contributed by atoms with E-state index in [1.807, 2.05) is 42.3 Å². The second-order valence-electron chi connectivity index (χ2n) is 4.27. The molecule has 2 rings (SSSR count). The van der Waals surface area contributed by atoms with E-state index in [1.54, 1.807) is 6.20 Å². The summed E-state index contributed by atoms with van der Waals surface area (Å²) in [5, 5.41) is 1.35. The van der Waals surface area contributed by atoms with Crippen LogP contribution < -0.4 is 4.90 Å². The van der Waals surface area contributed by atoms with Crippen molar-refractivity contribution in [2.45, 2.75) is 13.0 Å². The van der Waals surface area contributed by atoms with Crippen molar-refractivity contribution < 1.29 is 0 Å². The molecule has 1 heterocycles. The van der Waals surface area contributed by atoms with E-state index < -0.39 is 0 Å². The van der Waals surface area contributed by atoms with Crippen LogP contribution in [0.1, 0.15) is 18.5 Å². The van der Waals surface area contributed by atoms with Crippen LogP contribution in [0.4, 0.5) is 5.82 Å². The van der Waals surface area contributed by atoms with Gasteiger partial charge in [0.15, 0.2) is 0 Å². The Bertz CT molecular complexity index is 589. The van der Waals surface area contributed by atoms with Gasteiger partial charge in [-0.25, -0.2) is 4.98 Å². The lowest BCUT2D eigenvalue weighted by atomic mass is 10.1. The predicted octanol–water partition coefficient (Wildman–Crippen LogP) is 5.35. The molecule has 0 aliphatic carbocycles. The number of hydrogen-bond donors (Lipinski definition) is 0. The molecule has 0 fully saturated rings. The van der Waals surface area contributed by atoms with Gasteiger partial charge in [-0.1, -0.05) is 41.4 Å². The summed E-state index contributed by atoms with van der Waals surface area (Å²) in [7, 11) is 1.95. The van der Waals surface area contributed by atoms with E-state index in [0.717, 1.165) is 20.9 Å². The van der Waals surface area contributed by atoms with Gasteiger partial charge < -0.3 is 4.90 Å². The molecular weight excluding hydrogens is 347 g/mol. The number of nitrogens with zero attached hydrogens (tertiary/aromatic N) is 2. The summed E-state index contributed by atoms with van der Waals surface area (Å²) in [6, 6.07) is 9.71. The molecule has 2 aromatic rings. The number of halogens is 3. The highest BCUT2D eigenvalue weighted by atomic mass is 79.9. The fourth-order valence-electron chi connectivity index (χ4n) is 1.87. The Hall–Kier alpha value is -0.770. The zero-order valence-corrected chi connectivity index (χ0v) is 13.7. The first-order valence-corrected chi connectivity index (χ1v) is 7.34. The van der Waals surface area contributed by atoms with Gasteiger partial charge in [0, 0.05) is 22.7 Å². The van der Waals surface area contributed by atoms with Crippen molar-refractivity contribution in [3.8, 4) is 0 Å². The highest BCUT2D eigenvalue weighted by molar-refractivity contribution is 9.10. The molecule has 1 aromatic carbocycles. The van der Waals surface area contributed by atoms with E-state index in [4.69, 9.17) is 23.2 Å². The maximum Gasteiger partial charge on any atom is 0.147 e. The van der Waals surface area contributed by atoms with Crippen molar-refractivity contribution in [3.63, 3.8) is 0 Å². The number of rotatable bonds is 3. The third-order valence-corrected chi connectivity index (χ3v) is 4.11. The molecule has 0 aliphatic heterocycles. The Morgan fingerprint density at radius 2 is 1.89 bits per heavy atom. The summed E-state index contributed by atoms with van der Waals surface area (Å²) in [5.74, 6) is 0.734. The van der Waals surface area contributed by atoms with Crippen LogP contribution in [0.25, 0.3) is 0 Å². The van der Waals surface area contributed by atoms with Crippen molar-refractivity contribution in [1.82, 2.24) is 4.98 Å². The quantitative estimate of drug-likeness (QED) is 0.734. The fourth-order valence-corrected chi connectivity index (χ4v) is 2.93. The van der Waals surface area contributed by atoms with E-state index >= 15 is 0 Å². The van der Waals surface area contributed by atoms with E-state index in [0.29, 0.717) is 5.02 Å². The molecule has 0 amide bonds. The molecule has 0 bridgehead atoms. The molecule has 1 unspecified atom stereocenters. The maximum atomic E-state index is 6.23. The number of anilines is 1. The molecule has 1 aromatic heterocycles. The van der Waals surface area contributed by atoms with Crippen molar-refractivity contribution >= 4 is 44.9 Å². The van der Waals surface area contributed by atoms with Crippen LogP contribution >= 0.6 is 39.1 Å². The van der Waals surface area contributed by atoms with Crippen molar-refractivity contribution in [3.05, 3.63) is 56.6 Å². The van der Waals surface area contributed by atoms with Crippen LogP contribution in [-0.4, -0.2) is 12.0 Å². The molecule has 100 valence electrons. The van der Waals surface area contributed by atoms with Gasteiger partial charge in [-0.3, -0.25) is 0 Å². The Morgan fingerprint density at radius 1 is 1.21 bits per heavy atom. The minimum atomic E-state index is 0.0832. The summed E-state index contributed by atoms with van der Waals surface area (Å²) in [4.78, 5) is 6.37. The Kier molecular flexibility index (Phi) is 4.71. The van der Waals surface area contributed by atoms with Gasteiger partial charge >= 0.3 is 0 Å². The van der Waals surface area contributed by atoms with Gasteiger partial charge in [-0.15, -0.1) is 0 Å². The number of aromatic nitrogens is 1. The highest BCUT2D eigenvalue weighted by Gasteiger charge is 2.18. The summed E-state index contributed by atoms with van der Waals surface area (Å²) in [6.45, 7) is 2.07. The number of hydrogen-bond acceptors (Lipinski definition) is 2. The summed E-state index contributed by atoms with van der Waals surface area (Å²) < 4.78 is 0.861. The van der Waals surface area contributed by atoms with E-state index in [1.165, 1.54) is 0 Å². The third-order valence-electron chi connectivity index (χ3n) is 3.06. The van der Waals surface area contributed by atoms with Gasteiger partial charge in [0.2, 0.25) is 0 Å². The van der Waals surface area contributed by atoms with Crippen LogP contribution in [0.3, 0.4) is 0 Å². The van der Waals surface area contributed by atoms with Crippen LogP contribution in [0.5, 0.6) is 0 Å². The van der Waals surface area contributed by atoms with Gasteiger partial charge in [0.1, 0.15) is 5.82 Å². The summed E-state index contributed by atoms with van der Waals surface area (Å²) in [5.41, 5.74) is 1.05. The summed E-state index contributed by atoms with van der Waals surface area (Å²) in [6.07, 6.45) is 1.73. The van der Waals surface area contributed by atoms with Gasteiger partial charge in [-0.2, -0.15) is 0 Å². The van der Waals surface area contributed by atoms with Crippen molar-refractivity contribution in [2.24, 2.45) is 0 Å². The molecule has 0 spiro atoms. The first-order chi connectivity index (χ1) is 9.00. The summed E-state index contributed by atoms with van der Waals surface area (Å²) >= 11 is 15.8. The first-order valence-electron chi connectivity index (χ1n) is 5.79. The fraction of sp³-hybridized carbons (Fsp3) is 0.214. The highest BCUT2D eigenvalue weighted by Crippen LogP contribution is 2.33. The predicted molar refractivity (Wildman–Crippen MR) is 85.2 cm³/mol. The Morgan fingerprint density at radius 3 is 2.53 bits per heavy atom. The standard InChI is InChI=1S/C14H13BrCl2N2/c1-9(11-5-3-4-6-12(11)16)19(2)14-13(17)7-10(15)8-18-14/h3-9H,1-2H3. The van der Waals surface area contributed by atoms with Gasteiger partial charge in [0.25, 0.3) is 0 Å². The van der Waals surface area contributed by atoms with Crippen LogP contribution in [0.15, 0.2) is 41.0 Å². The normalized spacial score (nSPS) is 12.3. The monoisotopic (exact) mass is 358 g/mol. The topological polar surface area (TPSA) is 16.1 Å². The lowest BCUT2D eigenvalue weighted by Gasteiger charge is -2.27. The zero-order chi connectivity index (χ0) is 14.0. The minimum Gasteiger partial charge on any atom is -0.352 e. The zero-order valence-electron chi connectivity index (χ0n) is 10.6. The van der Waals surface area contributed by atoms with E-state index in [-0.39, 0.29) is 6.04 Å². The largest absolute Gasteiger partial charge is 0.352 e. The second kappa shape index (κ2) is 6.12. The van der Waals surface area contributed by atoms with Gasteiger partial charge in [-0.05, 0) is 40.5 Å². The molecule has 0 saturated carbocycles. The molecule has 19 heavy (non-hydrogen) atoms. The first kappa shape index (κ1) is 14.6. The second-order valence-corrected chi connectivity index (χ2v) is 6.00. The number of benzene rings is 1. The van der Waals surface area contributed by atoms with Crippen LogP contribution in [0.2, 0.25) is 10.0 Å². The minimum absolute atomic E-state index is 0.0832. The average Bonchev–Trinajstić information content (AvgIpc) is 2.38. The smallest absolute Gasteiger partial charge is 0.147 e. The molecule has 0 saturated heterocycles. The molecule has 0 radical (unpaired) electrons. The van der Waals surface area contributed by atoms with Crippen LogP contribution in [-0.2, 0) is 0 Å². The van der Waals surface area contributed by atoms with Crippen molar-refractivity contribution in [2.75, 3.05) is 11.9 Å². The van der Waals surface area contributed by atoms with Crippen LogP contribution in [0, 0.1) is 0 Å². The lowest BCUT2D eigenvalue weighted by Crippen LogP contribution is -2.23.